The fraction of sp³-hybridized carbons (Fsp3) is 0.529. The van der Waals surface area contributed by atoms with E-state index in [9.17, 15) is 4.79 Å². The Hall–Kier alpha value is -2.02. The third-order valence-electron chi connectivity index (χ3n) is 3.43. The molecule has 0 aromatic heterocycles. The van der Waals surface area contributed by atoms with Crippen LogP contribution in [-0.4, -0.2) is 31.0 Å². The molecule has 0 radical (unpaired) electrons. The first-order valence-electron chi connectivity index (χ1n) is 7.30. The van der Waals surface area contributed by atoms with Crippen molar-refractivity contribution in [2.24, 2.45) is 0 Å². The summed E-state index contributed by atoms with van der Waals surface area (Å²) >= 11 is 0. The van der Waals surface area contributed by atoms with E-state index in [1.165, 1.54) is 11.1 Å². The molecular weight excluding hydrogens is 264 g/mol. The maximum Gasteiger partial charge on any atom is 0.225 e. The molecular formula is C17H24N2O2. The van der Waals surface area contributed by atoms with Gasteiger partial charge in [0.05, 0.1) is 25.5 Å². The lowest BCUT2D eigenvalue weighted by atomic mass is 9.98. The Balaban J connectivity index is 2.44. The van der Waals surface area contributed by atoms with Gasteiger partial charge >= 0.3 is 0 Å². The second kappa shape index (κ2) is 8.31. The summed E-state index contributed by atoms with van der Waals surface area (Å²) in [5.41, 5.74) is 2.52. The molecule has 1 rings (SSSR count). The van der Waals surface area contributed by atoms with Crippen LogP contribution >= 0.6 is 0 Å². The lowest BCUT2D eigenvalue weighted by Gasteiger charge is -2.16. The Morgan fingerprint density at radius 2 is 2.14 bits per heavy atom. The van der Waals surface area contributed by atoms with Gasteiger partial charge < -0.3 is 9.64 Å². The van der Waals surface area contributed by atoms with Gasteiger partial charge in [0.1, 0.15) is 5.75 Å². The van der Waals surface area contributed by atoms with Gasteiger partial charge in [-0.3, -0.25) is 4.79 Å². The minimum atomic E-state index is 0.000715. The number of nitrogens with zero attached hydrogens (tertiary/aromatic N) is 2. The van der Waals surface area contributed by atoms with Crippen LogP contribution in [0.15, 0.2) is 18.2 Å². The van der Waals surface area contributed by atoms with Crippen molar-refractivity contribution in [2.45, 2.75) is 39.5 Å². The summed E-state index contributed by atoms with van der Waals surface area (Å²) in [6.45, 7) is 7.23. The first kappa shape index (κ1) is 17.0. The molecule has 0 saturated carbocycles. The molecule has 0 aliphatic rings. The topological polar surface area (TPSA) is 53.3 Å². The normalized spacial score (nSPS) is 10.3. The first-order valence-corrected chi connectivity index (χ1v) is 7.30. The zero-order valence-electron chi connectivity index (χ0n) is 13.3. The fourth-order valence-corrected chi connectivity index (χ4v) is 2.18. The maximum absolute atomic E-state index is 11.8. The van der Waals surface area contributed by atoms with Crippen LogP contribution in [-0.2, 0) is 4.79 Å². The average Bonchev–Trinajstić information content (AvgIpc) is 2.44. The van der Waals surface area contributed by atoms with Gasteiger partial charge in [-0.05, 0) is 36.1 Å². The predicted molar refractivity (Wildman–Crippen MR) is 83.2 cm³/mol. The number of benzene rings is 1. The second-order valence-electron chi connectivity index (χ2n) is 5.49. The summed E-state index contributed by atoms with van der Waals surface area (Å²) in [5, 5.41) is 8.50. The van der Waals surface area contributed by atoms with Crippen LogP contribution in [0.3, 0.4) is 0 Å². The van der Waals surface area contributed by atoms with Gasteiger partial charge in [-0.1, -0.05) is 19.9 Å². The SMILES string of the molecule is Cc1cc(OCCC(=O)N(C)CCC#N)ccc1C(C)C. The first-order chi connectivity index (χ1) is 9.95. The lowest BCUT2D eigenvalue weighted by molar-refractivity contribution is -0.130. The summed E-state index contributed by atoms with van der Waals surface area (Å²) in [7, 11) is 1.71. The highest BCUT2D eigenvalue weighted by atomic mass is 16.5. The maximum atomic E-state index is 11.8. The van der Waals surface area contributed by atoms with Gasteiger partial charge in [0, 0.05) is 13.6 Å². The number of carbonyl (C=O) groups excluding carboxylic acids is 1. The van der Waals surface area contributed by atoms with Crippen molar-refractivity contribution in [3.05, 3.63) is 29.3 Å². The number of hydrogen-bond acceptors (Lipinski definition) is 3. The lowest BCUT2D eigenvalue weighted by Crippen LogP contribution is -2.28. The van der Waals surface area contributed by atoms with Crippen molar-refractivity contribution in [3.8, 4) is 11.8 Å². The van der Waals surface area contributed by atoms with E-state index in [2.05, 4.69) is 26.8 Å². The minimum Gasteiger partial charge on any atom is -0.493 e. The molecule has 0 saturated heterocycles. The summed E-state index contributed by atoms with van der Waals surface area (Å²) in [6, 6.07) is 8.07. The van der Waals surface area contributed by atoms with Gasteiger partial charge in [0.15, 0.2) is 0 Å². The van der Waals surface area contributed by atoms with E-state index in [1.807, 2.05) is 18.2 Å². The highest BCUT2D eigenvalue weighted by Gasteiger charge is 2.09. The van der Waals surface area contributed by atoms with Gasteiger partial charge in [-0.15, -0.1) is 0 Å². The molecule has 0 fully saturated rings. The second-order valence-corrected chi connectivity index (χ2v) is 5.49. The van der Waals surface area contributed by atoms with Crippen LogP contribution in [0.1, 0.15) is 43.7 Å². The van der Waals surface area contributed by atoms with Crippen LogP contribution in [0.25, 0.3) is 0 Å². The fourth-order valence-electron chi connectivity index (χ4n) is 2.18. The molecule has 114 valence electrons. The molecule has 0 heterocycles. The van der Waals surface area contributed by atoms with Gasteiger partial charge in [-0.25, -0.2) is 0 Å². The molecule has 21 heavy (non-hydrogen) atoms. The number of hydrogen-bond donors (Lipinski definition) is 0. The average molecular weight is 288 g/mol. The Morgan fingerprint density at radius 1 is 1.43 bits per heavy atom. The molecule has 1 aromatic carbocycles. The molecule has 0 spiro atoms. The molecule has 4 nitrogen and oxygen atoms in total. The Labute approximate surface area is 127 Å². The van der Waals surface area contributed by atoms with E-state index in [4.69, 9.17) is 10.00 Å². The largest absolute Gasteiger partial charge is 0.493 e. The number of amides is 1. The number of carbonyl (C=O) groups is 1. The van der Waals surface area contributed by atoms with Gasteiger partial charge in [-0.2, -0.15) is 5.26 Å². The summed E-state index contributed by atoms with van der Waals surface area (Å²) in [6.07, 6.45) is 0.686. The van der Waals surface area contributed by atoms with Gasteiger partial charge in [0.2, 0.25) is 5.91 Å². The summed E-state index contributed by atoms with van der Waals surface area (Å²) in [5.74, 6) is 1.29. The van der Waals surface area contributed by atoms with Crippen molar-refractivity contribution < 1.29 is 9.53 Å². The molecule has 0 bridgehead atoms. The third kappa shape index (κ3) is 5.47. The standard InChI is InChI=1S/C17H24N2O2/c1-13(2)16-7-6-15(12-14(16)3)21-11-8-17(20)19(4)10-5-9-18/h6-7,12-13H,5,8,10-11H2,1-4H3. The molecule has 4 heteroatoms. The number of aryl methyl sites for hydroxylation is 1. The van der Waals surface area contributed by atoms with Crippen LogP contribution in [0.4, 0.5) is 0 Å². The predicted octanol–water partition coefficient (Wildman–Crippen LogP) is 3.26. The van der Waals surface area contributed by atoms with E-state index in [0.717, 1.165) is 5.75 Å². The van der Waals surface area contributed by atoms with Crippen LogP contribution in [0.2, 0.25) is 0 Å². The van der Waals surface area contributed by atoms with Crippen molar-refractivity contribution in [3.63, 3.8) is 0 Å². The molecule has 0 aliphatic carbocycles. The third-order valence-corrected chi connectivity index (χ3v) is 3.43. The molecule has 1 amide bonds. The highest BCUT2D eigenvalue weighted by Crippen LogP contribution is 2.23. The highest BCUT2D eigenvalue weighted by molar-refractivity contribution is 5.75. The Bertz CT molecular complexity index is 518. The molecule has 1 aromatic rings. The van der Waals surface area contributed by atoms with Crippen LogP contribution < -0.4 is 4.74 Å². The van der Waals surface area contributed by atoms with E-state index in [1.54, 1.807) is 11.9 Å². The van der Waals surface area contributed by atoms with E-state index >= 15 is 0 Å². The molecule has 0 atom stereocenters. The van der Waals surface area contributed by atoms with Crippen molar-refractivity contribution in [2.75, 3.05) is 20.2 Å². The van der Waals surface area contributed by atoms with Crippen molar-refractivity contribution in [1.82, 2.24) is 4.90 Å². The van der Waals surface area contributed by atoms with E-state index < -0.39 is 0 Å². The van der Waals surface area contributed by atoms with Crippen molar-refractivity contribution in [1.29, 1.82) is 5.26 Å². The smallest absolute Gasteiger partial charge is 0.225 e. The zero-order valence-corrected chi connectivity index (χ0v) is 13.3. The molecule has 0 N–H and O–H groups in total. The molecule has 0 unspecified atom stereocenters. The van der Waals surface area contributed by atoms with Crippen LogP contribution in [0.5, 0.6) is 5.75 Å². The Kier molecular flexibility index (Phi) is 6.74. The van der Waals surface area contributed by atoms with Gasteiger partial charge in [0.25, 0.3) is 0 Å². The van der Waals surface area contributed by atoms with E-state index in [-0.39, 0.29) is 5.91 Å². The quantitative estimate of drug-likeness (QED) is 0.774. The summed E-state index contributed by atoms with van der Waals surface area (Å²) < 4.78 is 5.63. The number of rotatable bonds is 7. The number of ether oxygens (including phenoxy) is 1. The number of nitriles is 1. The minimum absolute atomic E-state index is 0.000715. The zero-order chi connectivity index (χ0) is 15.8. The monoisotopic (exact) mass is 288 g/mol. The van der Waals surface area contributed by atoms with E-state index in [0.29, 0.717) is 31.9 Å². The Morgan fingerprint density at radius 3 is 2.71 bits per heavy atom. The van der Waals surface area contributed by atoms with Crippen LogP contribution in [0, 0.1) is 18.3 Å². The molecule has 0 aliphatic heterocycles. The van der Waals surface area contributed by atoms with Crippen molar-refractivity contribution >= 4 is 5.91 Å². The summed E-state index contributed by atoms with van der Waals surface area (Å²) in [4.78, 5) is 13.4.